The van der Waals surface area contributed by atoms with Gasteiger partial charge in [-0.3, -0.25) is 0 Å². The predicted octanol–water partition coefficient (Wildman–Crippen LogP) is 2.49. The molecule has 0 radical (unpaired) electrons. The zero-order valence-corrected chi connectivity index (χ0v) is 9.24. The van der Waals surface area contributed by atoms with Crippen LogP contribution in [-0.2, 0) is 4.74 Å². The van der Waals surface area contributed by atoms with Crippen molar-refractivity contribution in [2.45, 2.75) is 45.1 Å². The van der Waals surface area contributed by atoms with Crippen LogP contribution in [0.15, 0.2) is 12.2 Å². The summed E-state index contributed by atoms with van der Waals surface area (Å²) in [6.45, 7) is 3.63. The summed E-state index contributed by atoms with van der Waals surface area (Å²) in [5.41, 5.74) is 5.35. The SMILES string of the molecule is CCC1CCCC(OCC=CCN)C1. The Kier molecular flexibility index (Phi) is 5.88. The highest BCUT2D eigenvalue weighted by Crippen LogP contribution is 2.28. The van der Waals surface area contributed by atoms with Crippen molar-refractivity contribution < 1.29 is 4.74 Å². The predicted molar refractivity (Wildman–Crippen MR) is 60.2 cm³/mol. The average molecular weight is 197 g/mol. The summed E-state index contributed by atoms with van der Waals surface area (Å²) < 4.78 is 5.77. The molecule has 0 aromatic carbocycles. The van der Waals surface area contributed by atoms with Crippen LogP contribution in [0.3, 0.4) is 0 Å². The number of hydrogen-bond donors (Lipinski definition) is 1. The molecule has 2 N–H and O–H groups in total. The first-order valence-electron chi connectivity index (χ1n) is 5.83. The molecular weight excluding hydrogens is 174 g/mol. The van der Waals surface area contributed by atoms with Crippen molar-refractivity contribution in [1.29, 1.82) is 0 Å². The molecule has 14 heavy (non-hydrogen) atoms. The van der Waals surface area contributed by atoms with Crippen LogP contribution in [0.25, 0.3) is 0 Å². The maximum Gasteiger partial charge on any atom is 0.0651 e. The largest absolute Gasteiger partial charge is 0.374 e. The van der Waals surface area contributed by atoms with Gasteiger partial charge in [-0.15, -0.1) is 0 Å². The van der Waals surface area contributed by atoms with Gasteiger partial charge in [0.15, 0.2) is 0 Å². The lowest BCUT2D eigenvalue weighted by Gasteiger charge is -2.28. The van der Waals surface area contributed by atoms with E-state index in [9.17, 15) is 0 Å². The van der Waals surface area contributed by atoms with E-state index in [0.717, 1.165) is 12.5 Å². The first kappa shape index (κ1) is 11.7. The molecular formula is C12H23NO. The van der Waals surface area contributed by atoms with Crippen molar-refractivity contribution in [1.82, 2.24) is 0 Å². The summed E-state index contributed by atoms with van der Waals surface area (Å²) in [6.07, 6.45) is 11.0. The number of rotatable bonds is 5. The molecule has 1 saturated carbocycles. The minimum absolute atomic E-state index is 0.496. The van der Waals surface area contributed by atoms with Crippen LogP contribution >= 0.6 is 0 Å². The fourth-order valence-electron chi connectivity index (χ4n) is 2.12. The molecule has 0 aliphatic heterocycles. The molecule has 0 spiro atoms. The van der Waals surface area contributed by atoms with Crippen LogP contribution in [0.1, 0.15) is 39.0 Å². The highest BCUT2D eigenvalue weighted by atomic mass is 16.5. The third kappa shape index (κ3) is 4.25. The Morgan fingerprint density at radius 1 is 1.36 bits per heavy atom. The van der Waals surface area contributed by atoms with Gasteiger partial charge in [-0.1, -0.05) is 38.3 Å². The van der Waals surface area contributed by atoms with Gasteiger partial charge >= 0.3 is 0 Å². The lowest BCUT2D eigenvalue weighted by atomic mass is 9.85. The van der Waals surface area contributed by atoms with E-state index < -0.39 is 0 Å². The quantitative estimate of drug-likeness (QED) is 0.687. The van der Waals surface area contributed by atoms with Crippen LogP contribution in [0.5, 0.6) is 0 Å². The molecule has 0 aromatic heterocycles. The van der Waals surface area contributed by atoms with Gasteiger partial charge in [-0.2, -0.15) is 0 Å². The van der Waals surface area contributed by atoms with Crippen molar-refractivity contribution in [3.05, 3.63) is 12.2 Å². The molecule has 0 aromatic rings. The van der Waals surface area contributed by atoms with Crippen molar-refractivity contribution in [2.75, 3.05) is 13.2 Å². The minimum Gasteiger partial charge on any atom is -0.374 e. The van der Waals surface area contributed by atoms with Crippen LogP contribution in [0.2, 0.25) is 0 Å². The van der Waals surface area contributed by atoms with Crippen molar-refractivity contribution in [2.24, 2.45) is 11.7 Å². The molecule has 0 amide bonds. The Morgan fingerprint density at radius 2 is 2.21 bits per heavy atom. The molecule has 1 aliphatic rings. The third-order valence-corrected chi connectivity index (χ3v) is 3.04. The van der Waals surface area contributed by atoms with Gasteiger partial charge in [-0.05, 0) is 18.8 Å². The summed E-state index contributed by atoms with van der Waals surface area (Å²) in [4.78, 5) is 0. The maximum atomic E-state index is 5.77. The van der Waals surface area contributed by atoms with E-state index in [4.69, 9.17) is 10.5 Å². The van der Waals surface area contributed by atoms with Gasteiger partial charge in [0.1, 0.15) is 0 Å². The van der Waals surface area contributed by atoms with Crippen LogP contribution in [0.4, 0.5) is 0 Å². The Bertz CT molecular complexity index is 168. The van der Waals surface area contributed by atoms with E-state index in [1.54, 1.807) is 0 Å². The van der Waals surface area contributed by atoms with Crippen molar-refractivity contribution in [3.63, 3.8) is 0 Å². The zero-order valence-electron chi connectivity index (χ0n) is 9.24. The normalized spacial score (nSPS) is 28.4. The Morgan fingerprint density at radius 3 is 2.93 bits per heavy atom. The second-order valence-corrected chi connectivity index (χ2v) is 4.10. The second-order valence-electron chi connectivity index (χ2n) is 4.10. The highest BCUT2D eigenvalue weighted by molar-refractivity contribution is 4.83. The van der Waals surface area contributed by atoms with E-state index in [1.165, 1.54) is 32.1 Å². The van der Waals surface area contributed by atoms with Gasteiger partial charge in [0, 0.05) is 6.54 Å². The fraction of sp³-hybridized carbons (Fsp3) is 0.833. The topological polar surface area (TPSA) is 35.2 Å². The molecule has 0 bridgehead atoms. The maximum absolute atomic E-state index is 5.77. The fourth-order valence-corrected chi connectivity index (χ4v) is 2.12. The van der Waals surface area contributed by atoms with E-state index in [0.29, 0.717) is 12.6 Å². The molecule has 2 nitrogen and oxygen atoms in total. The summed E-state index contributed by atoms with van der Waals surface area (Å²) >= 11 is 0. The molecule has 2 heteroatoms. The van der Waals surface area contributed by atoms with Crippen molar-refractivity contribution in [3.8, 4) is 0 Å². The smallest absolute Gasteiger partial charge is 0.0651 e. The van der Waals surface area contributed by atoms with Gasteiger partial charge in [0.2, 0.25) is 0 Å². The van der Waals surface area contributed by atoms with Crippen LogP contribution in [-0.4, -0.2) is 19.3 Å². The third-order valence-electron chi connectivity index (χ3n) is 3.04. The molecule has 1 rings (SSSR count). The first-order chi connectivity index (χ1) is 6.86. The first-order valence-corrected chi connectivity index (χ1v) is 5.83. The molecule has 82 valence electrons. The molecule has 0 saturated heterocycles. The standard InChI is InChI=1S/C12H23NO/c1-2-11-6-5-7-12(10-11)14-9-4-3-8-13/h3-4,11-12H,2,5-10,13H2,1H3. The number of nitrogens with two attached hydrogens (primary N) is 1. The molecule has 1 aliphatic carbocycles. The van der Waals surface area contributed by atoms with E-state index in [1.807, 2.05) is 12.2 Å². The lowest BCUT2D eigenvalue weighted by Crippen LogP contribution is -2.22. The molecule has 0 heterocycles. The van der Waals surface area contributed by atoms with Crippen LogP contribution < -0.4 is 5.73 Å². The Labute approximate surface area is 87.5 Å². The summed E-state index contributed by atoms with van der Waals surface area (Å²) in [6, 6.07) is 0. The lowest BCUT2D eigenvalue weighted by molar-refractivity contribution is 0.0285. The highest BCUT2D eigenvalue weighted by Gasteiger charge is 2.20. The molecule has 2 atom stereocenters. The zero-order chi connectivity index (χ0) is 10.2. The van der Waals surface area contributed by atoms with E-state index in [2.05, 4.69) is 6.92 Å². The Balaban J connectivity index is 2.14. The molecule has 1 fully saturated rings. The van der Waals surface area contributed by atoms with E-state index in [-0.39, 0.29) is 0 Å². The number of ether oxygens (including phenoxy) is 1. The summed E-state index contributed by atoms with van der Waals surface area (Å²) in [5, 5.41) is 0. The average Bonchev–Trinajstić information content (AvgIpc) is 2.25. The molecule has 2 unspecified atom stereocenters. The summed E-state index contributed by atoms with van der Waals surface area (Å²) in [7, 11) is 0. The van der Waals surface area contributed by atoms with Crippen molar-refractivity contribution >= 4 is 0 Å². The van der Waals surface area contributed by atoms with Gasteiger partial charge < -0.3 is 10.5 Å². The number of hydrogen-bond acceptors (Lipinski definition) is 2. The second kappa shape index (κ2) is 7.02. The monoisotopic (exact) mass is 197 g/mol. The Hall–Kier alpha value is -0.340. The van der Waals surface area contributed by atoms with Gasteiger partial charge in [0.25, 0.3) is 0 Å². The van der Waals surface area contributed by atoms with Crippen LogP contribution in [0, 0.1) is 5.92 Å². The van der Waals surface area contributed by atoms with Gasteiger partial charge in [0.05, 0.1) is 12.7 Å². The van der Waals surface area contributed by atoms with Gasteiger partial charge in [-0.25, -0.2) is 0 Å². The summed E-state index contributed by atoms with van der Waals surface area (Å²) in [5.74, 6) is 0.896. The van der Waals surface area contributed by atoms with E-state index >= 15 is 0 Å². The minimum atomic E-state index is 0.496.